The lowest BCUT2D eigenvalue weighted by molar-refractivity contribution is -0.385. The van der Waals surface area contributed by atoms with Crippen molar-refractivity contribution in [3.63, 3.8) is 0 Å². The van der Waals surface area contributed by atoms with Crippen molar-refractivity contribution in [1.82, 2.24) is 23.4 Å². The monoisotopic (exact) mass is 967 g/mol. The summed E-state index contributed by atoms with van der Waals surface area (Å²) in [5, 5.41) is 31.2. The van der Waals surface area contributed by atoms with Gasteiger partial charge in [0.2, 0.25) is 27.7 Å². The first-order valence-corrected chi connectivity index (χ1v) is 20.5. The van der Waals surface area contributed by atoms with Gasteiger partial charge in [-0.3, -0.25) is 20.4 Å². The largest absolute Gasteiger partial charge is 0.481 e. The molecule has 338 valence electrons. The summed E-state index contributed by atoms with van der Waals surface area (Å²) in [5.74, 6) is -2.64. The maximum Gasteiger partial charge on any atom is 0.416 e. The van der Waals surface area contributed by atoms with E-state index >= 15 is 0 Å². The van der Waals surface area contributed by atoms with E-state index in [0.717, 1.165) is 42.8 Å². The number of pyridine rings is 1. The molecule has 0 atom stereocenters. The van der Waals surface area contributed by atoms with Crippen molar-refractivity contribution in [2.75, 3.05) is 39.4 Å². The molecule has 3 aromatic carbocycles. The van der Waals surface area contributed by atoms with E-state index in [1.807, 2.05) is 5.32 Å². The lowest BCUT2D eigenvalue weighted by Gasteiger charge is -2.15. The third-order valence-corrected chi connectivity index (χ3v) is 11.3. The third kappa shape index (κ3) is 14.7. The summed E-state index contributed by atoms with van der Waals surface area (Å²) in [5.41, 5.74) is -1.68. The summed E-state index contributed by atoms with van der Waals surface area (Å²) in [6.45, 7) is -0.396. The van der Waals surface area contributed by atoms with Crippen LogP contribution < -0.4 is 29.0 Å². The fourth-order valence-corrected chi connectivity index (χ4v) is 6.71. The molecule has 0 bridgehead atoms. The summed E-state index contributed by atoms with van der Waals surface area (Å²) in [6.07, 6.45) is -2.31. The van der Waals surface area contributed by atoms with Crippen molar-refractivity contribution in [2.24, 2.45) is 0 Å². The summed E-state index contributed by atoms with van der Waals surface area (Å²) in [6, 6.07) is 12.2. The Bertz CT molecular complexity index is 2730. The Morgan fingerprint density at radius 2 is 1.52 bits per heavy atom. The number of carbonyl (C=O) groups excluding carboxylic acids is 1. The number of amides is 2. The number of fused-ring (bicyclic) bond motifs is 1. The van der Waals surface area contributed by atoms with Crippen LogP contribution >= 0.6 is 23.2 Å². The van der Waals surface area contributed by atoms with Gasteiger partial charge in [0.1, 0.15) is 28.3 Å². The Labute approximate surface area is 363 Å². The van der Waals surface area contributed by atoms with E-state index in [0.29, 0.717) is 28.6 Å². The van der Waals surface area contributed by atoms with Gasteiger partial charge < -0.3 is 29.2 Å². The normalized spacial score (nSPS) is 11.2. The van der Waals surface area contributed by atoms with Crippen molar-refractivity contribution in [3.8, 4) is 29.0 Å². The van der Waals surface area contributed by atoms with Gasteiger partial charge in [0.15, 0.2) is 6.61 Å². The van der Waals surface area contributed by atoms with E-state index in [4.69, 9.17) is 52.4 Å². The molecule has 0 radical (unpaired) electrons. The standard InChI is InChI=1S/C14H7ClF3NO5.C11H8ClNO3.C9H15N5O7S2/c15-10-5-7(14(16,17)18)1-4-12(10)24-8-2-3-11(19(22)23)9(6-8)13(20)21;12-8-3-4-9(16-6-10(14)15)11-7(8)2-1-5-13-11;1-14(22(4,16)17)23(18,19)13-9(15)12-8-10-6(20-2)5-7(11-8)21-3/h1-6H,(H,20,21);1-5H,6H2,(H,14,15);5H,1-4H3,(H2,10,11,12,13,15). The molecular formula is C34H30Cl2F3N7O15S2. The highest BCUT2D eigenvalue weighted by Crippen LogP contribution is 2.37. The topological polar surface area (TPSA) is 306 Å². The number of hydrogen-bond acceptors (Lipinski definition) is 16. The minimum Gasteiger partial charge on any atom is -0.481 e. The van der Waals surface area contributed by atoms with Crippen LogP contribution in [0.3, 0.4) is 0 Å². The smallest absolute Gasteiger partial charge is 0.416 e. The van der Waals surface area contributed by atoms with Gasteiger partial charge in [-0.15, -0.1) is 0 Å². The van der Waals surface area contributed by atoms with Crippen LogP contribution in [0.1, 0.15) is 15.9 Å². The van der Waals surface area contributed by atoms with Gasteiger partial charge in [-0.1, -0.05) is 26.9 Å². The van der Waals surface area contributed by atoms with Crippen LogP contribution in [-0.2, 0) is 31.2 Å². The third-order valence-electron chi connectivity index (χ3n) is 7.26. The number of halogens is 5. The number of carboxylic acids is 2. The molecule has 2 aromatic heterocycles. The van der Waals surface area contributed by atoms with Crippen LogP contribution in [-0.4, -0.2) is 103 Å². The number of sulfonamides is 1. The minimum atomic E-state index is -4.60. The van der Waals surface area contributed by atoms with Crippen molar-refractivity contribution in [2.45, 2.75) is 6.18 Å². The number of urea groups is 1. The van der Waals surface area contributed by atoms with Crippen LogP contribution in [0.4, 0.5) is 29.6 Å². The molecule has 0 saturated carbocycles. The number of hydrogen-bond donors (Lipinski definition) is 4. The SMILES string of the molecule is COc1cc(OC)nc(NC(=O)NS(=O)(=O)N(C)S(C)(=O)=O)n1.O=C(O)COc1ccc(Cl)c2cccnc12.O=C(O)c1cc(Oc2ccc(C(F)(F)F)cc2Cl)ccc1[N+](=O)[O-]. The van der Waals surface area contributed by atoms with Crippen molar-refractivity contribution in [1.29, 1.82) is 0 Å². The summed E-state index contributed by atoms with van der Waals surface area (Å²) < 4.78 is 105. The van der Waals surface area contributed by atoms with Gasteiger partial charge in [-0.25, -0.2) is 27.5 Å². The maximum absolute atomic E-state index is 12.6. The van der Waals surface area contributed by atoms with Gasteiger partial charge in [0.05, 0.1) is 47.1 Å². The van der Waals surface area contributed by atoms with Crippen LogP contribution in [0.5, 0.6) is 29.0 Å². The number of nitrogens with zero attached hydrogens (tertiary/aromatic N) is 5. The lowest BCUT2D eigenvalue weighted by Crippen LogP contribution is -2.45. The van der Waals surface area contributed by atoms with Gasteiger partial charge in [0.25, 0.3) is 5.69 Å². The molecule has 29 heteroatoms. The molecule has 0 saturated heterocycles. The highest BCUT2D eigenvalue weighted by molar-refractivity contribution is 8.03. The number of rotatable bonds is 13. The number of ether oxygens (including phenoxy) is 4. The van der Waals surface area contributed by atoms with Crippen molar-refractivity contribution < 1.29 is 78.5 Å². The molecule has 22 nitrogen and oxygen atoms in total. The Morgan fingerprint density at radius 3 is 2.05 bits per heavy atom. The molecule has 0 aliphatic carbocycles. The first-order valence-electron chi connectivity index (χ1n) is 16.5. The Balaban J connectivity index is 0.000000256. The number of methoxy groups -OCH3 is 2. The lowest BCUT2D eigenvalue weighted by atomic mass is 10.1. The minimum absolute atomic E-state index is 0.00654. The molecule has 63 heavy (non-hydrogen) atoms. The number of carboxylic acid groups (broad SMARTS) is 2. The average Bonchev–Trinajstić information content (AvgIpc) is 3.20. The number of nitro benzene ring substituents is 1. The second-order valence-corrected chi connectivity index (χ2v) is 16.4. The second kappa shape index (κ2) is 21.3. The number of benzene rings is 3. The molecular weight excluding hydrogens is 938 g/mol. The number of alkyl halides is 3. The quantitative estimate of drug-likeness (QED) is 0.0793. The Kier molecular flexibility index (Phi) is 17.1. The zero-order valence-electron chi connectivity index (χ0n) is 32.3. The molecule has 0 aliphatic heterocycles. The van der Waals surface area contributed by atoms with Crippen molar-refractivity contribution in [3.05, 3.63) is 104 Å². The van der Waals surface area contributed by atoms with E-state index in [1.165, 1.54) is 25.0 Å². The molecule has 5 aromatic rings. The highest BCUT2D eigenvalue weighted by Gasteiger charge is 2.31. The van der Waals surface area contributed by atoms with Gasteiger partial charge in [-0.2, -0.15) is 31.6 Å². The molecule has 0 unspecified atom stereocenters. The van der Waals surface area contributed by atoms with E-state index < -0.39 is 72.7 Å². The second-order valence-electron chi connectivity index (χ2n) is 11.6. The van der Waals surface area contributed by atoms with E-state index in [1.54, 1.807) is 30.5 Å². The Morgan fingerprint density at radius 1 is 0.905 bits per heavy atom. The fraction of sp³-hybridized carbons (Fsp3) is 0.176. The van der Waals surface area contributed by atoms with Crippen LogP contribution in [0, 0.1) is 10.1 Å². The molecule has 2 heterocycles. The predicted octanol–water partition coefficient (Wildman–Crippen LogP) is 5.86. The molecule has 0 fully saturated rings. The van der Waals surface area contributed by atoms with Gasteiger partial charge in [0, 0.05) is 30.8 Å². The summed E-state index contributed by atoms with van der Waals surface area (Å²) >= 11 is 11.7. The number of nitro groups is 1. The van der Waals surface area contributed by atoms with Gasteiger partial charge in [-0.05, 0) is 48.5 Å². The molecule has 0 aliphatic rings. The first-order chi connectivity index (χ1) is 29.3. The summed E-state index contributed by atoms with van der Waals surface area (Å²) in [4.78, 5) is 54.6. The van der Waals surface area contributed by atoms with E-state index in [2.05, 4.69) is 15.0 Å². The predicted molar refractivity (Wildman–Crippen MR) is 215 cm³/mol. The van der Waals surface area contributed by atoms with E-state index in [9.17, 15) is 54.5 Å². The molecule has 5 rings (SSSR count). The van der Waals surface area contributed by atoms with E-state index in [-0.39, 0.29) is 37.9 Å². The van der Waals surface area contributed by atoms with Crippen LogP contribution in [0.25, 0.3) is 10.9 Å². The Hall–Kier alpha value is -6.81. The maximum atomic E-state index is 12.6. The average molecular weight is 969 g/mol. The summed E-state index contributed by atoms with van der Waals surface area (Å²) in [7, 11) is -5.27. The van der Waals surface area contributed by atoms with Crippen LogP contribution in [0.15, 0.2) is 72.9 Å². The first kappa shape index (κ1) is 50.5. The number of aliphatic carboxylic acids is 1. The number of aromatic carboxylic acids is 1. The van der Waals surface area contributed by atoms with Crippen molar-refractivity contribution >= 4 is 83.9 Å². The molecule has 2 amide bonds. The molecule has 4 N–H and O–H groups in total. The number of carbonyl (C=O) groups is 3. The van der Waals surface area contributed by atoms with Gasteiger partial charge >= 0.3 is 34.4 Å². The number of aromatic nitrogens is 3. The highest BCUT2D eigenvalue weighted by atomic mass is 35.5. The zero-order chi connectivity index (χ0) is 47.4. The molecule has 0 spiro atoms. The zero-order valence-corrected chi connectivity index (χ0v) is 35.4. The fourth-order valence-electron chi connectivity index (χ4n) is 4.32. The number of anilines is 1. The number of nitrogens with one attached hydrogen (secondary N) is 2. The van der Waals surface area contributed by atoms with Crippen LogP contribution in [0.2, 0.25) is 10.0 Å².